The monoisotopic (exact) mass is 232 g/mol. The Balaban J connectivity index is 2.55. The van der Waals surface area contributed by atoms with Gasteiger partial charge in [-0.15, -0.1) is 0 Å². The van der Waals surface area contributed by atoms with E-state index in [1.807, 2.05) is 4.08 Å². The van der Waals surface area contributed by atoms with Crippen LogP contribution in [0.3, 0.4) is 0 Å². The number of halogens is 2. The standard InChI is InChI=1S/C2H2BrI/c3-1-2-4/h1-2H/b2-1-. The van der Waals surface area contributed by atoms with Crippen molar-refractivity contribution < 1.29 is 0 Å². The molecule has 2 heteroatoms. The van der Waals surface area contributed by atoms with E-state index in [4.69, 9.17) is 0 Å². The second kappa shape index (κ2) is 3.95. The molecule has 0 aromatic rings. The Morgan fingerprint density at radius 3 is 2.00 bits per heavy atom. The Bertz CT molecular complexity index is 21.2. The van der Waals surface area contributed by atoms with Crippen molar-refractivity contribution in [1.29, 1.82) is 0 Å². The second-order valence-corrected chi connectivity index (χ2v) is 1.50. The molecule has 4 heavy (non-hydrogen) atoms. The second-order valence-electron chi connectivity index (χ2n) is 0.252. The zero-order chi connectivity index (χ0) is 3.41. The van der Waals surface area contributed by atoms with E-state index < -0.39 is 0 Å². The van der Waals surface area contributed by atoms with Gasteiger partial charge in [-0.1, -0.05) is 38.5 Å². The fraction of sp³-hybridized carbons (Fsp3) is 0. The van der Waals surface area contributed by atoms with Crippen LogP contribution in [0.2, 0.25) is 0 Å². The van der Waals surface area contributed by atoms with Gasteiger partial charge < -0.3 is 0 Å². The lowest BCUT2D eigenvalue weighted by Crippen LogP contribution is -1.07. The summed E-state index contributed by atoms with van der Waals surface area (Å²) in [6.07, 6.45) is 0. The Kier molecular flexibility index (Phi) is 4.89. The molecule has 0 spiro atoms. The summed E-state index contributed by atoms with van der Waals surface area (Å²) in [5.74, 6) is 0. The van der Waals surface area contributed by atoms with Gasteiger partial charge in [0.2, 0.25) is 0 Å². The van der Waals surface area contributed by atoms with E-state index in [9.17, 15) is 0 Å². The highest BCUT2D eigenvalue weighted by Gasteiger charge is 1.39. The molecule has 0 heterocycles. The molecular formula is C2H2BrI. The van der Waals surface area contributed by atoms with Gasteiger partial charge in [0.05, 0.1) is 0 Å². The Morgan fingerprint density at radius 2 is 2.00 bits per heavy atom. The third-order valence-electron chi connectivity index (χ3n) is 0.0476. The molecule has 0 saturated carbocycles. The van der Waals surface area contributed by atoms with E-state index in [1.54, 1.807) is 4.99 Å². The molecule has 0 N–H and O–H groups in total. The van der Waals surface area contributed by atoms with Crippen molar-refractivity contribution in [2.24, 2.45) is 0 Å². The molecule has 0 amide bonds. The summed E-state index contributed by atoms with van der Waals surface area (Å²) in [5.41, 5.74) is 0. The highest BCUT2D eigenvalue weighted by atomic mass is 127. The molecule has 0 bridgehead atoms. The number of rotatable bonds is 0. The third-order valence-corrected chi connectivity index (χ3v) is 1.66. The van der Waals surface area contributed by atoms with Crippen LogP contribution in [0.25, 0.3) is 0 Å². The van der Waals surface area contributed by atoms with E-state index in [-0.39, 0.29) is 0 Å². The quantitative estimate of drug-likeness (QED) is 0.563. The zero-order valence-electron chi connectivity index (χ0n) is 1.91. The summed E-state index contributed by atoms with van der Waals surface area (Å²) in [5, 5.41) is 0. The first-order valence-electron chi connectivity index (χ1n) is 0.770. The van der Waals surface area contributed by atoms with Crippen molar-refractivity contribution in [3.05, 3.63) is 9.07 Å². The molecule has 0 unspecified atom stereocenters. The van der Waals surface area contributed by atoms with Crippen molar-refractivity contribution in [3.8, 4) is 0 Å². The van der Waals surface area contributed by atoms with Crippen molar-refractivity contribution in [3.63, 3.8) is 0 Å². The SMILES string of the molecule is Br/C=C\I. The topological polar surface area (TPSA) is 0 Å². The van der Waals surface area contributed by atoms with Gasteiger partial charge >= 0.3 is 0 Å². The first kappa shape index (κ1) is 4.95. The molecule has 0 rings (SSSR count). The summed E-state index contributed by atoms with van der Waals surface area (Å²) in [7, 11) is 0. The van der Waals surface area contributed by atoms with E-state index >= 15 is 0 Å². The highest BCUT2D eigenvalue weighted by molar-refractivity contribution is 14.1. The van der Waals surface area contributed by atoms with Crippen LogP contribution in [-0.2, 0) is 0 Å². The van der Waals surface area contributed by atoms with Crippen LogP contribution in [0.15, 0.2) is 9.07 Å². The minimum Gasteiger partial charge on any atom is -0.0590 e. The molecule has 0 aromatic heterocycles. The molecule has 24 valence electrons. The molecule has 0 aliphatic rings. The minimum absolute atomic E-state index is 1.80. The average Bonchev–Trinajstić information content (AvgIpc) is 1.37. The van der Waals surface area contributed by atoms with E-state index in [2.05, 4.69) is 38.5 Å². The molecule has 0 saturated heterocycles. The van der Waals surface area contributed by atoms with Gasteiger partial charge in [0.15, 0.2) is 0 Å². The molecule has 0 aromatic carbocycles. The molecule has 0 radical (unpaired) electrons. The summed E-state index contributed by atoms with van der Waals surface area (Å²) in [6.45, 7) is 0. The fourth-order valence-electron chi connectivity index (χ4n) is 0. The van der Waals surface area contributed by atoms with Crippen LogP contribution in [0, 0.1) is 0 Å². The maximum atomic E-state index is 3.06. The summed E-state index contributed by atoms with van der Waals surface area (Å²) >= 11 is 5.18. The van der Waals surface area contributed by atoms with Crippen LogP contribution in [-0.4, -0.2) is 0 Å². The average molecular weight is 233 g/mol. The predicted octanol–water partition coefficient (Wildman–Crippen LogP) is 2.29. The van der Waals surface area contributed by atoms with Crippen LogP contribution in [0.5, 0.6) is 0 Å². The van der Waals surface area contributed by atoms with E-state index in [0.717, 1.165) is 0 Å². The summed E-state index contributed by atoms with van der Waals surface area (Å²) in [6, 6.07) is 0. The van der Waals surface area contributed by atoms with Crippen molar-refractivity contribution in [2.45, 2.75) is 0 Å². The molecule has 0 nitrogen and oxygen atoms in total. The molecule has 0 fully saturated rings. The van der Waals surface area contributed by atoms with Gasteiger partial charge in [-0.3, -0.25) is 0 Å². The van der Waals surface area contributed by atoms with Crippen molar-refractivity contribution in [1.82, 2.24) is 0 Å². The fourth-order valence-corrected chi connectivity index (χ4v) is 0. The van der Waals surface area contributed by atoms with Crippen LogP contribution >= 0.6 is 38.5 Å². The minimum atomic E-state index is 1.80. The van der Waals surface area contributed by atoms with Crippen LogP contribution < -0.4 is 0 Å². The smallest absolute Gasteiger partial charge is 0.0128 e. The Morgan fingerprint density at radius 1 is 1.75 bits per heavy atom. The van der Waals surface area contributed by atoms with Gasteiger partial charge in [-0.05, 0) is 9.07 Å². The first-order chi connectivity index (χ1) is 1.91. The lowest BCUT2D eigenvalue weighted by molar-refractivity contribution is 2.68. The lowest BCUT2D eigenvalue weighted by atomic mass is 11.3. The van der Waals surface area contributed by atoms with Crippen molar-refractivity contribution in [2.75, 3.05) is 0 Å². The Hall–Kier alpha value is 0.950. The van der Waals surface area contributed by atoms with Gasteiger partial charge in [0, 0.05) is 0 Å². The Labute approximate surface area is 47.5 Å². The maximum absolute atomic E-state index is 3.06. The number of hydrogen-bond acceptors (Lipinski definition) is 0. The van der Waals surface area contributed by atoms with Gasteiger partial charge in [-0.2, -0.15) is 0 Å². The van der Waals surface area contributed by atoms with Gasteiger partial charge in [-0.25, -0.2) is 0 Å². The van der Waals surface area contributed by atoms with Gasteiger partial charge in [0.25, 0.3) is 0 Å². The van der Waals surface area contributed by atoms with Crippen molar-refractivity contribution >= 4 is 38.5 Å². The largest absolute Gasteiger partial charge is 0.0590 e. The molecule has 0 atom stereocenters. The third kappa shape index (κ3) is 2.95. The predicted molar refractivity (Wildman–Crippen MR) is 32.1 cm³/mol. The normalized spacial score (nSPS) is 9.50. The molecule has 0 aliphatic heterocycles. The summed E-state index contributed by atoms with van der Waals surface area (Å²) in [4.78, 5) is 1.80. The molecule has 0 aliphatic carbocycles. The first-order valence-corrected chi connectivity index (χ1v) is 2.93. The van der Waals surface area contributed by atoms with Crippen LogP contribution in [0.1, 0.15) is 0 Å². The molecular weight excluding hydrogens is 231 g/mol. The van der Waals surface area contributed by atoms with E-state index in [1.165, 1.54) is 0 Å². The number of hydrogen-bond donors (Lipinski definition) is 0. The lowest BCUT2D eigenvalue weighted by Gasteiger charge is -1.44. The highest BCUT2D eigenvalue weighted by Crippen LogP contribution is 1.87. The van der Waals surface area contributed by atoms with Crippen LogP contribution in [0.4, 0.5) is 0 Å². The van der Waals surface area contributed by atoms with Gasteiger partial charge in [0.1, 0.15) is 0 Å². The zero-order valence-corrected chi connectivity index (χ0v) is 5.65. The van der Waals surface area contributed by atoms with E-state index in [0.29, 0.717) is 0 Å². The maximum Gasteiger partial charge on any atom is -0.0128 e. The summed E-state index contributed by atoms with van der Waals surface area (Å²) < 4.78 is 1.89.